The highest BCUT2D eigenvalue weighted by Gasteiger charge is 2.53. The normalized spacial score (nSPS) is 19.1. The van der Waals surface area contributed by atoms with E-state index in [0.29, 0.717) is 48.5 Å². The average Bonchev–Trinajstić information content (AvgIpc) is 3.14. The fourth-order valence-electron chi connectivity index (χ4n) is 5.14. The Bertz CT molecular complexity index is 2140. The molecule has 4 aromatic rings. The van der Waals surface area contributed by atoms with Crippen molar-refractivity contribution in [2.24, 2.45) is 0 Å². The van der Waals surface area contributed by atoms with Gasteiger partial charge in [-0.1, -0.05) is 0 Å². The van der Waals surface area contributed by atoms with Gasteiger partial charge in [-0.25, -0.2) is 19.2 Å². The maximum atomic E-state index is 13.5. The Kier molecular flexibility index (Phi) is 10.8. The van der Waals surface area contributed by atoms with Gasteiger partial charge >= 0.3 is 23.9 Å². The minimum atomic E-state index is -2.43. The molecule has 4 aromatic carbocycles. The number of phenols is 12. The SMILES string of the molecule is O=C(OC[C@@H]1O[C@H](O)[C@H](OC(=O)c2cc(O)c(O)c(O)c2)[C@@H](OC(=O)c2cc(O)c(O)c(O)c2)[C@@H]1OC(=O)c1cc(O)c(O)c(O)c1)c1cc(O)c(O)c(O)c1. The maximum absolute atomic E-state index is 13.5. The van der Waals surface area contributed by atoms with Crippen LogP contribution < -0.4 is 0 Å². The number of aliphatic hydroxyl groups excluding tert-OH is 1. The molecular weight excluding hydrogens is 760 g/mol. The lowest BCUT2D eigenvalue weighted by molar-refractivity contribution is -0.284. The summed E-state index contributed by atoms with van der Waals surface area (Å²) in [4.78, 5) is 53.1. The number of hydrogen-bond acceptors (Lipinski definition) is 22. The van der Waals surface area contributed by atoms with Crippen molar-refractivity contribution in [2.75, 3.05) is 6.61 Å². The highest BCUT2D eigenvalue weighted by molar-refractivity contribution is 5.93. The predicted octanol–water partition coefficient (Wildman–Crippen LogP) is 0.705. The minimum Gasteiger partial charge on any atom is -0.504 e. The third kappa shape index (κ3) is 7.95. The minimum absolute atomic E-state index is 0.570. The Hall–Kier alpha value is -7.72. The molecule has 0 unspecified atom stereocenters. The molecule has 296 valence electrons. The van der Waals surface area contributed by atoms with E-state index in [9.17, 15) is 85.6 Å². The smallest absolute Gasteiger partial charge is 0.339 e. The van der Waals surface area contributed by atoms with Crippen LogP contribution in [0.3, 0.4) is 0 Å². The number of phenolic OH excluding ortho intramolecular Hbond substituents is 12. The van der Waals surface area contributed by atoms with E-state index in [4.69, 9.17) is 23.7 Å². The van der Waals surface area contributed by atoms with Crippen LogP contribution in [-0.2, 0) is 23.7 Å². The first-order valence-electron chi connectivity index (χ1n) is 15.4. The molecule has 0 spiro atoms. The number of carbonyl (C=O) groups excluding carboxylic acids is 4. The number of ether oxygens (including phenoxy) is 5. The highest BCUT2D eigenvalue weighted by Crippen LogP contribution is 2.40. The molecule has 5 atom stereocenters. The van der Waals surface area contributed by atoms with E-state index >= 15 is 0 Å². The van der Waals surface area contributed by atoms with Crippen molar-refractivity contribution in [2.45, 2.75) is 30.7 Å². The summed E-state index contributed by atoms with van der Waals surface area (Å²) in [7, 11) is 0. The molecule has 0 bridgehead atoms. The van der Waals surface area contributed by atoms with Crippen LogP contribution >= 0.6 is 0 Å². The second-order valence-corrected chi connectivity index (χ2v) is 11.7. The first-order chi connectivity index (χ1) is 26.3. The summed E-state index contributed by atoms with van der Waals surface area (Å²) in [5.41, 5.74) is -2.68. The van der Waals surface area contributed by atoms with Gasteiger partial charge in [0.15, 0.2) is 93.6 Å². The van der Waals surface area contributed by atoms with Gasteiger partial charge in [0.25, 0.3) is 0 Å². The average molecular weight is 789 g/mol. The molecule has 0 amide bonds. The third-order valence-electron chi connectivity index (χ3n) is 7.94. The fourth-order valence-corrected chi connectivity index (χ4v) is 5.14. The zero-order valence-electron chi connectivity index (χ0n) is 27.7. The summed E-state index contributed by atoms with van der Waals surface area (Å²) < 4.78 is 26.8. The van der Waals surface area contributed by atoms with Crippen molar-refractivity contribution in [3.8, 4) is 69.0 Å². The first kappa shape index (κ1) is 39.5. The number of aromatic hydroxyl groups is 12. The molecular formula is C34H28O22. The van der Waals surface area contributed by atoms with E-state index in [1.165, 1.54) is 0 Å². The van der Waals surface area contributed by atoms with E-state index in [2.05, 4.69) is 0 Å². The van der Waals surface area contributed by atoms with Crippen LogP contribution in [-0.4, -0.2) is 128 Å². The molecule has 22 nitrogen and oxygen atoms in total. The lowest BCUT2D eigenvalue weighted by atomic mass is 9.97. The molecule has 56 heavy (non-hydrogen) atoms. The van der Waals surface area contributed by atoms with E-state index in [0.717, 1.165) is 0 Å². The molecule has 1 saturated heterocycles. The maximum Gasteiger partial charge on any atom is 0.339 e. The standard InChI is InChI=1S/C34H28O22/c35-14-1-10(2-15(36)23(14)43)30(47)52-9-22-27(54-31(48)11-3-16(37)24(44)17(38)4-11)28(55-32(49)12-5-18(39)25(45)19(40)6-12)29(34(51)53-22)56-33(50)13-7-20(41)26(46)21(42)8-13/h1-8,22,27-29,34-46,51H,9H2/t22-,27+,28-,29+,34-/m0/s1. The van der Waals surface area contributed by atoms with E-state index in [-0.39, 0.29) is 0 Å². The summed E-state index contributed by atoms with van der Waals surface area (Å²) in [6.45, 7) is -1.09. The van der Waals surface area contributed by atoms with Gasteiger partial charge in [-0.05, 0) is 48.5 Å². The zero-order chi connectivity index (χ0) is 41.3. The summed E-state index contributed by atoms with van der Waals surface area (Å²) in [5, 5.41) is 129. The number of aliphatic hydroxyl groups is 1. The van der Waals surface area contributed by atoms with E-state index in [1.807, 2.05) is 0 Å². The summed E-state index contributed by atoms with van der Waals surface area (Å²) in [5.74, 6) is -18.2. The first-order valence-corrected chi connectivity index (χ1v) is 15.4. The van der Waals surface area contributed by atoms with Crippen LogP contribution in [0, 0.1) is 0 Å². The molecule has 1 heterocycles. The molecule has 0 aromatic heterocycles. The Morgan fingerprint density at radius 2 is 0.696 bits per heavy atom. The largest absolute Gasteiger partial charge is 0.504 e. The third-order valence-corrected chi connectivity index (χ3v) is 7.94. The summed E-state index contributed by atoms with van der Waals surface area (Å²) in [6.07, 6.45) is -11.2. The molecule has 0 radical (unpaired) electrons. The van der Waals surface area contributed by atoms with Crippen LogP contribution in [0.15, 0.2) is 48.5 Å². The number of hydrogen-bond donors (Lipinski definition) is 13. The highest BCUT2D eigenvalue weighted by atomic mass is 16.7. The van der Waals surface area contributed by atoms with Crippen LogP contribution in [0.1, 0.15) is 41.4 Å². The van der Waals surface area contributed by atoms with Crippen molar-refractivity contribution in [3.63, 3.8) is 0 Å². The summed E-state index contributed by atoms with van der Waals surface area (Å²) >= 11 is 0. The van der Waals surface area contributed by atoms with Gasteiger partial charge in [-0.15, -0.1) is 0 Å². The summed E-state index contributed by atoms with van der Waals surface area (Å²) in [6, 6.07) is 4.99. The molecule has 0 aliphatic carbocycles. The van der Waals surface area contributed by atoms with Crippen molar-refractivity contribution in [1.82, 2.24) is 0 Å². The molecule has 22 heteroatoms. The van der Waals surface area contributed by atoms with Gasteiger partial charge < -0.3 is 90.1 Å². The second kappa shape index (κ2) is 15.3. The lowest BCUT2D eigenvalue weighted by Gasteiger charge is -2.42. The van der Waals surface area contributed by atoms with Gasteiger partial charge in [0.2, 0.25) is 0 Å². The van der Waals surface area contributed by atoms with Gasteiger partial charge in [0.05, 0.1) is 22.3 Å². The predicted molar refractivity (Wildman–Crippen MR) is 175 cm³/mol. The lowest BCUT2D eigenvalue weighted by Crippen LogP contribution is -2.62. The zero-order valence-corrected chi connectivity index (χ0v) is 27.7. The van der Waals surface area contributed by atoms with Gasteiger partial charge in [0.1, 0.15) is 12.7 Å². The monoisotopic (exact) mass is 788 g/mol. The van der Waals surface area contributed by atoms with Gasteiger partial charge in [0, 0.05) is 0 Å². The number of carbonyl (C=O) groups is 4. The van der Waals surface area contributed by atoms with Crippen molar-refractivity contribution >= 4 is 23.9 Å². The molecule has 1 aliphatic heterocycles. The van der Waals surface area contributed by atoms with Gasteiger partial charge in [-0.2, -0.15) is 0 Å². The van der Waals surface area contributed by atoms with Crippen LogP contribution in [0.25, 0.3) is 0 Å². The van der Waals surface area contributed by atoms with E-state index < -0.39 is 152 Å². The van der Waals surface area contributed by atoms with Crippen LogP contribution in [0.5, 0.6) is 69.0 Å². The topological polar surface area (TPSA) is 377 Å². The van der Waals surface area contributed by atoms with Crippen LogP contribution in [0.2, 0.25) is 0 Å². The molecule has 0 saturated carbocycles. The molecule has 1 aliphatic rings. The molecule has 5 rings (SSSR count). The second-order valence-electron chi connectivity index (χ2n) is 11.7. The number of rotatable bonds is 9. The van der Waals surface area contributed by atoms with Crippen molar-refractivity contribution in [3.05, 3.63) is 70.8 Å². The Morgan fingerprint density at radius 1 is 0.429 bits per heavy atom. The molecule has 1 fully saturated rings. The molecule has 13 N–H and O–H groups in total. The van der Waals surface area contributed by atoms with Crippen LogP contribution in [0.4, 0.5) is 0 Å². The van der Waals surface area contributed by atoms with Crippen molar-refractivity contribution in [1.29, 1.82) is 0 Å². The fraction of sp³-hybridized carbons (Fsp3) is 0.176. The quantitative estimate of drug-likeness (QED) is 0.0630. The number of benzene rings is 4. The Balaban J connectivity index is 1.57. The van der Waals surface area contributed by atoms with E-state index in [1.54, 1.807) is 0 Å². The Labute approximate surface area is 310 Å². The van der Waals surface area contributed by atoms with Gasteiger partial charge in [-0.3, -0.25) is 0 Å². The van der Waals surface area contributed by atoms with Crippen molar-refractivity contribution < 1.29 is 109 Å². The number of esters is 4. The Morgan fingerprint density at radius 3 is 1.02 bits per heavy atom.